The summed E-state index contributed by atoms with van der Waals surface area (Å²) in [4.78, 5) is 12.1. The van der Waals surface area contributed by atoms with Crippen molar-refractivity contribution in [1.29, 1.82) is 0 Å². The summed E-state index contributed by atoms with van der Waals surface area (Å²) >= 11 is 3.15. The van der Waals surface area contributed by atoms with Crippen LogP contribution in [-0.4, -0.2) is 22.8 Å². The molecule has 1 aromatic carbocycles. The molecule has 0 atom stereocenters. The molecular formula is C13H11BrF2N2O2. The lowest BCUT2D eigenvalue weighted by Gasteiger charge is -2.11. The van der Waals surface area contributed by atoms with E-state index in [4.69, 9.17) is 4.74 Å². The molecule has 0 bridgehead atoms. The molecule has 7 heteroatoms. The van der Waals surface area contributed by atoms with Crippen molar-refractivity contribution < 1.29 is 13.5 Å². The molecule has 1 heterocycles. The Bertz CT molecular complexity index is 674. The van der Waals surface area contributed by atoms with E-state index >= 15 is 0 Å². The molecule has 0 saturated heterocycles. The van der Waals surface area contributed by atoms with Gasteiger partial charge in [0.05, 0.1) is 4.47 Å². The molecule has 0 fully saturated rings. The van der Waals surface area contributed by atoms with Crippen LogP contribution in [0.15, 0.2) is 39.7 Å². The number of nitrogens with zero attached hydrogens (tertiary/aromatic N) is 2. The molecule has 106 valence electrons. The van der Waals surface area contributed by atoms with E-state index in [1.807, 2.05) is 0 Å². The van der Waals surface area contributed by atoms with Crippen LogP contribution in [0.2, 0.25) is 0 Å². The average Bonchev–Trinajstić information content (AvgIpc) is 2.41. The van der Waals surface area contributed by atoms with Crippen LogP contribution in [0, 0.1) is 0 Å². The fourth-order valence-corrected chi connectivity index (χ4v) is 2.17. The molecule has 20 heavy (non-hydrogen) atoms. The summed E-state index contributed by atoms with van der Waals surface area (Å²) in [5, 5.41) is 4.10. The number of para-hydroxylation sites is 1. The number of alkyl halides is 2. The number of aromatic nitrogens is 2. The van der Waals surface area contributed by atoms with Gasteiger partial charge in [-0.05, 0) is 28.1 Å². The van der Waals surface area contributed by atoms with E-state index in [0.717, 1.165) is 0 Å². The first-order valence-corrected chi connectivity index (χ1v) is 6.52. The Morgan fingerprint density at radius 2 is 2.10 bits per heavy atom. The number of ether oxygens (including phenoxy) is 1. The molecule has 0 aliphatic heterocycles. The maximum atomic E-state index is 12.2. The lowest BCUT2D eigenvalue weighted by Crippen LogP contribution is -2.15. The highest BCUT2D eigenvalue weighted by molar-refractivity contribution is 9.10. The van der Waals surface area contributed by atoms with E-state index in [2.05, 4.69) is 21.0 Å². The summed E-state index contributed by atoms with van der Waals surface area (Å²) in [6.07, 6.45) is -1.06. The van der Waals surface area contributed by atoms with Crippen LogP contribution in [0.4, 0.5) is 8.78 Å². The van der Waals surface area contributed by atoms with Gasteiger partial charge in [0.25, 0.3) is 6.43 Å². The minimum Gasteiger partial charge on any atom is -0.487 e. The number of benzene rings is 1. The van der Waals surface area contributed by atoms with Gasteiger partial charge < -0.3 is 4.74 Å². The molecule has 0 saturated carbocycles. The van der Waals surface area contributed by atoms with E-state index in [9.17, 15) is 13.6 Å². The Morgan fingerprint density at radius 3 is 2.80 bits per heavy atom. The summed E-state index contributed by atoms with van der Waals surface area (Å²) in [5.41, 5.74) is 0.206. The highest BCUT2D eigenvalue weighted by Crippen LogP contribution is 2.27. The van der Waals surface area contributed by atoms with Gasteiger partial charge in [0, 0.05) is 18.8 Å². The third-order valence-corrected chi connectivity index (χ3v) is 3.06. The zero-order chi connectivity index (χ0) is 14.7. The maximum absolute atomic E-state index is 12.2. The van der Waals surface area contributed by atoms with Crippen molar-refractivity contribution in [2.45, 2.75) is 6.43 Å². The van der Waals surface area contributed by atoms with E-state index in [0.29, 0.717) is 10.0 Å². The van der Waals surface area contributed by atoms with Gasteiger partial charge >= 0.3 is 0 Å². The first-order chi connectivity index (χ1) is 9.49. The molecule has 2 aromatic rings. The van der Waals surface area contributed by atoms with Gasteiger partial charge in [0.1, 0.15) is 18.1 Å². The fourth-order valence-electron chi connectivity index (χ4n) is 1.68. The molecular weight excluding hydrogens is 334 g/mol. The summed E-state index contributed by atoms with van der Waals surface area (Å²) in [5.74, 6) is 0.204. The van der Waals surface area contributed by atoms with Crippen molar-refractivity contribution in [1.82, 2.24) is 9.78 Å². The lowest BCUT2D eigenvalue weighted by molar-refractivity contribution is 0.0822. The van der Waals surface area contributed by atoms with Gasteiger partial charge in [0.2, 0.25) is 5.43 Å². The smallest absolute Gasteiger partial charge is 0.272 e. The third-order valence-electron chi connectivity index (χ3n) is 2.50. The van der Waals surface area contributed by atoms with Crippen LogP contribution in [0.25, 0.3) is 11.3 Å². The first-order valence-electron chi connectivity index (χ1n) is 5.73. The number of halogens is 3. The largest absolute Gasteiger partial charge is 0.487 e. The van der Waals surface area contributed by atoms with Crippen molar-refractivity contribution in [2.75, 3.05) is 6.61 Å². The molecule has 1 aromatic heterocycles. The van der Waals surface area contributed by atoms with Crippen molar-refractivity contribution in [3.05, 3.63) is 45.2 Å². The Kier molecular flexibility index (Phi) is 4.49. The van der Waals surface area contributed by atoms with Crippen molar-refractivity contribution >= 4 is 15.9 Å². The van der Waals surface area contributed by atoms with Crippen LogP contribution >= 0.6 is 15.9 Å². The second-order valence-corrected chi connectivity index (χ2v) is 4.88. The number of hydrogen-bond donors (Lipinski definition) is 0. The van der Waals surface area contributed by atoms with Crippen molar-refractivity contribution in [3.63, 3.8) is 0 Å². The van der Waals surface area contributed by atoms with Crippen LogP contribution in [0.3, 0.4) is 0 Å². The van der Waals surface area contributed by atoms with E-state index in [1.165, 1.54) is 16.9 Å². The molecule has 0 unspecified atom stereocenters. The van der Waals surface area contributed by atoms with Crippen molar-refractivity contribution in [2.24, 2.45) is 7.05 Å². The highest BCUT2D eigenvalue weighted by atomic mass is 79.9. The minimum atomic E-state index is -2.58. The summed E-state index contributed by atoms with van der Waals surface area (Å²) in [6, 6.07) is 6.47. The van der Waals surface area contributed by atoms with Crippen LogP contribution in [-0.2, 0) is 7.05 Å². The summed E-state index contributed by atoms with van der Waals surface area (Å²) in [7, 11) is 1.66. The third kappa shape index (κ3) is 3.22. The van der Waals surface area contributed by atoms with Gasteiger partial charge in [-0.3, -0.25) is 9.48 Å². The predicted octanol–water partition coefficient (Wildman–Crippen LogP) is 2.85. The minimum absolute atomic E-state index is 0.145. The van der Waals surface area contributed by atoms with Gasteiger partial charge in [-0.25, -0.2) is 8.78 Å². The zero-order valence-corrected chi connectivity index (χ0v) is 12.1. The Balaban J connectivity index is 2.50. The Labute approximate surface area is 122 Å². The van der Waals surface area contributed by atoms with Crippen LogP contribution in [0.1, 0.15) is 0 Å². The number of rotatable bonds is 4. The van der Waals surface area contributed by atoms with Gasteiger partial charge in [-0.2, -0.15) is 5.10 Å². The van der Waals surface area contributed by atoms with Gasteiger partial charge in [0.15, 0.2) is 0 Å². The van der Waals surface area contributed by atoms with Gasteiger partial charge in [-0.1, -0.05) is 12.1 Å². The lowest BCUT2D eigenvalue weighted by atomic mass is 10.1. The predicted molar refractivity (Wildman–Crippen MR) is 74.1 cm³/mol. The fraction of sp³-hybridized carbons (Fsp3) is 0.231. The van der Waals surface area contributed by atoms with Crippen LogP contribution < -0.4 is 10.2 Å². The second-order valence-electron chi connectivity index (χ2n) is 4.03. The average molecular weight is 345 g/mol. The summed E-state index contributed by atoms with van der Waals surface area (Å²) < 4.78 is 31.3. The normalized spacial score (nSPS) is 10.8. The second kappa shape index (κ2) is 6.13. The monoisotopic (exact) mass is 344 g/mol. The topological polar surface area (TPSA) is 44.1 Å². The van der Waals surface area contributed by atoms with Crippen LogP contribution in [0.5, 0.6) is 5.75 Å². The standard InChI is InChI=1S/C13H11BrF2N2O2/c1-18-6-9(14)13(19)12(17-18)8-4-2-3-5-10(8)20-7-11(15)16/h2-6,11H,7H2,1H3. The summed E-state index contributed by atoms with van der Waals surface area (Å²) in [6.45, 7) is -0.731. The molecule has 4 nitrogen and oxygen atoms in total. The maximum Gasteiger partial charge on any atom is 0.272 e. The molecule has 0 spiro atoms. The van der Waals surface area contributed by atoms with E-state index in [1.54, 1.807) is 25.2 Å². The SMILES string of the molecule is Cn1cc(Br)c(=O)c(-c2ccccc2OCC(F)F)n1. The van der Waals surface area contributed by atoms with Crippen molar-refractivity contribution in [3.8, 4) is 17.0 Å². The van der Waals surface area contributed by atoms with E-state index < -0.39 is 13.0 Å². The molecule has 0 aliphatic carbocycles. The Morgan fingerprint density at radius 1 is 1.40 bits per heavy atom. The molecule has 0 amide bonds. The van der Waals surface area contributed by atoms with E-state index in [-0.39, 0.29) is 16.9 Å². The Hall–Kier alpha value is -1.76. The number of hydrogen-bond acceptors (Lipinski definition) is 3. The zero-order valence-electron chi connectivity index (χ0n) is 10.5. The molecule has 0 aliphatic rings. The molecule has 0 radical (unpaired) electrons. The van der Waals surface area contributed by atoms with Gasteiger partial charge in [-0.15, -0.1) is 0 Å². The quantitative estimate of drug-likeness (QED) is 0.856. The molecule has 0 N–H and O–H groups in total. The number of aryl methyl sites for hydroxylation is 1. The molecule has 2 rings (SSSR count). The first kappa shape index (κ1) is 14.6. The highest BCUT2D eigenvalue weighted by Gasteiger charge is 2.15.